The van der Waals surface area contributed by atoms with Crippen molar-refractivity contribution in [2.75, 3.05) is 19.8 Å². The number of hydrogen-bond acceptors (Lipinski definition) is 5. The number of carbonyl (C=O) groups is 2. The molecule has 0 aliphatic heterocycles. The molecule has 1 atom stereocenters. The lowest BCUT2D eigenvalue weighted by Crippen LogP contribution is -2.30. The van der Waals surface area contributed by atoms with E-state index in [0.717, 1.165) is 89.9 Å². The molecule has 5 heteroatoms. The van der Waals surface area contributed by atoms with E-state index in [1.165, 1.54) is 128 Å². The second kappa shape index (κ2) is 54.4. The summed E-state index contributed by atoms with van der Waals surface area (Å²) in [6.07, 6.45) is 71.8. The largest absolute Gasteiger partial charge is 0.462 e. The summed E-state index contributed by atoms with van der Waals surface area (Å²) in [6, 6.07) is 0. The maximum absolute atomic E-state index is 12.8. The van der Waals surface area contributed by atoms with E-state index in [1.54, 1.807) is 0 Å². The van der Waals surface area contributed by atoms with E-state index in [-0.39, 0.29) is 25.2 Å². The van der Waals surface area contributed by atoms with Crippen LogP contribution < -0.4 is 0 Å². The number of unbranched alkanes of at least 4 members (excludes halogenated alkanes) is 24. The first-order valence-corrected chi connectivity index (χ1v) is 27.1. The van der Waals surface area contributed by atoms with Crippen LogP contribution in [0.4, 0.5) is 0 Å². The van der Waals surface area contributed by atoms with Crippen LogP contribution in [0.15, 0.2) is 85.1 Å². The van der Waals surface area contributed by atoms with Crippen molar-refractivity contribution in [3.63, 3.8) is 0 Å². The third-order valence-corrected chi connectivity index (χ3v) is 11.4. The van der Waals surface area contributed by atoms with E-state index in [9.17, 15) is 9.59 Å². The minimum atomic E-state index is -0.571. The van der Waals surface area contributed by atoms with E-state index in [0.29, 0.717) is 19.4 Å². The molecule has 0 radical (unpaired) electrons. The Hall–Kier alpha value is -2.92. The molecule has 0 spiro atoms. The van der Waals surface area contributed by atoms with Gasteiger partial charge in [0.1, 0.15) is 6.61 Å². The van der Waals surface area contributed by atoms with Crippen molar-refractivity contribution in [1.82, 2.24) is 0 Å². The van der Waals surface area contributed by atoms with Crippen molar-refractivity contribution in [2.45, 2.75) is 258 Å². The van der Waals surface area contributed by atoms with Crippen molar-refractivity contribution in [2.24, 2.45) is 0 Å². The molecule has 0 aliphatic carbocycles. The van der Waals surface area contributed by atoms with Gasteiger partial charge in [-0.3, -0.25) is 9.59 Å². The fraction of sp³-hybridized carbons (Fsp3) is 0.729. The van der Waals surface area contributed by atoms with Crippen LogP contribution in [0.2, 0.25) is 0 Å². The van der Waals surface area contributed by atoms with Crippen LogP contribution in [0.25, 0.3) is 0 Å². The van der Waals surface area contributed by atoms with E-state index >= 15 is 0 Å². The second-order valence-corrected chi connectivity index (χ2v) is 17.8. The molecule has 0 aromatic rings. The van der Waals surface area contributed by atoms with Gasteiger partial charge in [0.2, 0.25) is 0 Å². The SMILES string of the molecule is CC/C=C\C/C=C\C/C=C\C/C=C\C/C=C\C/C=C\CCCOCC(COC(=O)CCCCCCC/C=C\CCCCCCCC)OC(=O)CCCCCCCCCCCCCCC. The highest BCUT2D eigenvalue weighted by atomic mass is 16.6. The summed E-state index contributed by atoms with van der Waals surface area (Å²) in [5.41, 5.74) is 0. The van der Waals surface area contributed by atoms with Gasteiger partial charge in [0.25, 0.3) is 0 Å². The zero-order valence-corrected chi connectivity index (χ0v) is 42.3. The van der Waals surface area contributed by atoms with Crippen molar-refractivity contribution >= 4 is 11.9 Å². The predicted octanol–water partition coefficient (Wildman–Crippen LogP) is 18.5. The average Bonchev–Trinajstić information content (AvgIpc) is 3.30. The van der Waals surface area contributed by atoms with Crippen LogP contribution in [0.1, 0.15) is 252 Å². The van der Waals surface area contributed by atoms with Crippen LogP contribution in [0.3, 0.4) is 0 Å². The molecule has 5 nitrogen and oxygen atoms in total. The zero-order valence-electron chi connectivity index (χ0n) is 42.3. The highest BCUT2D eigenvalue weighted by Gasteiger charge is 2.17. The number of allylic oxidation sites excluding steroid dienone is 14. The third-order valence-electron chi connectivity index (χ3n) is 11.4. The molecule has 0 aromatic carbocycles. The Balaban J connectivity index is 4.37. The minimum Gasteiger partial charge on any atom is -0.462 e. The summed E-state index contributed by atoms with van der Waals surface area (Å²) in [5.74, 6) is -0.434. The van der Waals surface area contributed by atoms with Crippen LogP contribution in [-0.2, 0) is 23.8 Å². The first-order valence-electron chi connectivity index (χ1n) is 27.1. The molecule has 0 aliphatic rings. The second-order valence-electron chi connectivity index (χ2n) is 17.8. The molecule has 64 heavy (non-hydrogen) atoms. The van der Waals surface area contributed by atoms with Crippen LogP contribution in [0.5, 0.6) is 0 Å². The van der Waals surface area contributed by atoms with E-state index < -0.39 is 6.10 Å². The normalized spacial score (nSPS) is 12.9. The van der Waals surface area contributed by atoms with Gasteiger partial charge >= 0.3 is 11.9 Å². The zero-order chi connectivity index (χ0) is 46.3. The fourth-order valence-corrected chi connectivity index (χ4v) is 7.40. The fourth-order valence-electron chi connectivity index (χ4n) is 7.40. The summed E-state index contributed by atoms with van der Waals surface area (Å²) in [5, 5.41) is 0. The number of hydrogen-bond donors (Lipinski definition) is 0. The number of carbonyl (C=O) groups excluding carboxylic acids is 2. The number of ether oxygens (including phenoxy) is 3. The van der Waals surface area contributed by atoms with E-state index in [4.69, 9.17) is 14.2 Å². The first kappa shape index (κ1) is 61.1. The third kappa shape index (κ3) is 51.7. The Morgan fingerprint density at radius 2 is 0.703 bits per heavy atom. The molecule has 368 valence electrons. The molecule has 0 fully saturated rings. The molecule has 0 aromatic heterocycles. The van der Waals surface area contributed by atoms with Gasteiger partial charge in [-0.1, -0.05) is 234 Å². The Bertz CT molecular complexity index is 1190. The Kier molecular flexibility index (Phi) is 51.9. The Morgan fingerprint density at radius 3 is 1.14 bits per heavy atom. The first-order chi connectivity index (χ1) is 31.6. The van der Waals surface area contributed by atoms with Crippen molar-refractivity contribution in [3.8, 4) is 0 Å². The van der Waals surface area contributed by atoms with Crippen molar-refractivity contribution < 1.29 is 23.8 Å². The van der Waals surface area contributed by atoms with Gasteiger partial charge in [-0.2, -0.15) is 0 Å². The summed E-state index contributed by atoms with van der Waals surface area (Å²) in [6.45, 7) is 7.57. The van der Waals surface area contributed by atoms with Crippen LogP contribution >= 0.6 is 0 Å². The maximum Gasteiger partial charge on any atom is 0.306 e. The topological polar surface area (TPSA) is 61.8 Å². The maximum atomic E-state index is 12.8. The summed E-state index contributed by atoms with van der Waals surface area (Å²) < 4.78 is 17.4. The molecular weight excluding hydrogens is 789 g/mol. The molecular formula is C59H102O5. The van der Waals surface area contributed by atoms with Crippen LogP contribution in [-0.4, -0.2) is 37.9 Å². The monoisotopic (exact) mass is 891 g/mol. The average molecular weight is 891 g/mol. The summed E-state index contributed by atoms with van der Waals surface area (Å²) in [7, 11) is 0. The highest BCUT2D eigenvalue weighted by molar-refractivity contribution is 5.70. The van der Waals surface area contributed by atoms with Gasteiger partial charge in [0.05, 0.1) is 6.61 Å². The van der Waals surface area contributed by atoms with Gasteiger partial charge < -0.3 is 14.2 Å². The molecule has 0 amide bonds. The van der Waals surface area contributed by atoms with Gasteiger partial charge in [-0.05, 0) is 89.9 Å². The van der Waals surface area contributed by atoms with Gasteiger partial charge in [-0.15, -0.1) is 0 Å². The summed E-state index contributed by atoms with van der Waals surface area (Å²) in [4.78, 5) is 25.4. The standard InChI is InChI=1S/C59H102O5/c1-4-7-10-13-16-19-22-25-27-28-29-30-31-33-36-39-42-45-48-51-54-62-55-57(64-59(61)53-50-47-44-41-38-34-24-21-18-15-12-9-6-3)56-63-58(60)52-49-46-43-40-37-35-32-26-23-20-17-14-11-8-5-2/h7,10,16,19,25-27,29-30,32-33,36,42,45,57H,4-6,8-9,11-15,17-18,20-24,28,31,34-35,37-41,43-44,46-56H2,1-3H3/b10-7-,19-16-,27-25-,30-29-,32-26-,36-33-,45-42-. The quantitative estimate of drug-likeness (QED) is 0.0346. The predicted molar refractivity (Wildman–Crippen MR) is 279 cm³/mol. The lowest BCUT2D eigenvalue weighted by molar-refractivity contribution is -0.163. The lowest BCUT2D eigenvalue weighted by atomic mass is 10.0. The van der Waals surface area contributed by atoms with Gasteiger partial charge in [0.15, 0.2) is 6.10 Å². The molecule has 0 heterocycles. The molecule has 0 N–H and O–H groups in total. The number of rotatable bonds is 49. The number of esters is 2. The smallest absolute Gasteiger partial charge is 0.306 e. The molecule has 0 saturated heterocycles. The Labute approximate surface area is 397 Å². The van der Waals surface area contributed by atoms with E-state index in [1.807, 2.05) is 0 Å². The van der Waals surface area contributed by atoms with E-state index in [2.05, 4.69) is 106 Å². The van der Waals surface area contributed by atoms with Gasteiger partial charge in [0, 0.05) is 19.4 Å². The molecule has 0 bridgehead atoms. The van der Waals surface area contributed by atoms with Crippen molar-refractivity contribution in [1.29, 1.82) is 0 Å². The van der Waals surface area contributed by atoms with Crippen molar-refractivity contribution in [3.05, 3.63) is 85.1 Å². The van der Waals surface area contributed by atoms with Gasteiger partial charge in [-0.25, -0.2) is 0 Å². The minimum absolute atomic E-state index is 0.0569. The summed E-state index contributed by atoms with van der Waals surface area (Å²) >= 11 is 0. The molecule has 1 unspecified atom stereocenters. The Morgan fingerprint density at radius 1 is 0.359 bits per heavy atom. The van der Waals surface area contributed by atoms with Crippen LogP contribution in [0, 0.1) is 0 Å². The molecule has 0 rings (SSSR count). The molecule has 0 saturated carbocycles. The lowest BCUT2D eigenvalue weighted by Gasteiger charge is -2.18. The highest BCUT2D eigenvalue weighted by Crippen LogP contribution is 2.15.